The van der Waals surface area contributed by atoms with Crippen LogP contribution in [0, 0.1) is 0 Å². The van der Waals surface area contributed by atoms with E-state index in [2.05, 4.69) is 47.0 Å². The number of hydrogen-bond acceptors (Lipinski definition) is 3. The molecule has 0 spiro atoms. The van der Waals surface area contributed by atoms with Gasteiger partial charge in [0.15, 0.2) is 0 Å². The molecule has 2 aromatic heterocycles. The molecule has 5 nitrogen and oxygen atoms in total. The van der Waals surface area contributed by atoms with Crippen LogP contribution in [0.5, 0.6) is 0 Å². The first-order chi connectivity index (χ1) is 8.72. The lowest BCUT2D eigenvalue weighted by molar-refractivity contribution is 0.591. The van der Waals surface area contributed by atoms with Gasteiger partial charge in [-0.05, 0) is 31.4 Å². The number of rotatable bonds is 6. The highest BCUT2D eigenvalue weighted by Crippen LogP contribution is 2.07. The van der Waals surface area contributed by atoms with Gasteiger partial charge in [-0.25, -0.2) is 9.67 Å². The zero-order valence-corrected chi connectivity index (χ0v) is 11.1. The second-order valence-electron chi connectivity index (χ2n) is 4.56. The number of aromatic nitrogens is 4. The average Bonchev–Trinajstić information content (AvgIpc) is 2.99. The van der Waals surface area contributed by atoms with E-state index in [0.29, 0.717) is 0 Å². The molecule has 2 heterocycles. The maximum absolute atomic E-state index is 5.96. The summed E-state index contributed by atoms with van der Waals surface area (Å²) < 4.78 is 4.05. The van der Waals surface area contributed by atoms with Gasteiger partial charge >= 0.3 is 0 Å². The summed E-state index contributed by atoms with van der Waals surface area (Å²) in [6.07, 6.45) is 7.77. The summed E-state index contributed by atoms with van der Waals surface area (Å²) in [6, 6.07) is 2.38. The molecule has 98 valence electrons. The van der Waals surface area contributed by atoms with Gasteiger partial charge in [0, 0.05) is 25.0 Å². The molecule has 0 amide bonds. The summed E-state index contributed by atoms with van der Waals surface area (Å²) in [5.41, 5.74) is 7.24. The molecular weight excluding hydrogens is 226 g/mol. The molecule has 0 aliphatic carbocycles. The van der Waals surface area contributed by atoms with E-state index in [4.69, 9.17) is 5.73 Å². The van der Waals surface area contributed by atoms with Gasteiger partial charge in [0.25, 0.3) is 0 Å². The molecule has 0 aliphatic heterocycles. The van der Waals surface area contributed by atoms with Crippen molar-refractivity contribution in [3.63, 3.8) is 0 Å². The molecule has 2 rings (SSSR count). The molecule has 1 atom stereocenters. The van der Waals surface area contributed by atoms with Crippen molar-refractivity contribution in [3.05, 3.63) is 36.2 Å². The van der Waals surface area contributed by atoms with Crippen molar-refractivity contribution in [2.75, 3.05) is 0 Å². The molecule has 2 N–H and O–H groups in total. The molecule has 1 unspecified atom stereocenters. The third-order valence-electron chi connectivity index (χ3n) is 3.15. The summed E-state index contributed by atoms with van der Waals surface area (Å²) in [5.74, 6) is 0.986. The molecule has 0 saturated heterocycles. The second kappa shape index (κ2) is 5.82. The summed E-state index contributed by atoms with van der Waals surface area (Å²) in [5, 5.41) is 4.17. The van der Waals surface area contributed by atoms with E-state index in [1.165, 1.54) is 5.56 Å². The fraction of sp³-hybridized carbons (Fsp3) is 0.538. The summed E-state index contributed by atoms with van der Waals surface area (Å²) in [7, 11) is 0. The Bertz CT molecular complexity index is 485. The zero-order chi connectivity index (χ0) is 13.0. The van der Waals surface area contributed by atoms with Crippen molar-refractivity contribution >= 4 is 0 Å². The number of aryl methyl sites for hydroxylation is 1. The Morgan fingerprint density at radius 1 is 1.39 bits per heavy atom. The Morgan fingerprint density at radius 2 is 2.22 bits per heavy atom. The smallest absolute Gasteiger partial charge is 0.146 e. The van der Waals surface area contributed by atoms with E-state index < -0.39 is 0 Å². The standard InChI is InChI=1S/C13H21N5/c1-3-12(14)7-11-5-6-17(8-11)9-13-15-10-16-18(13)4-2/h5-6,8,10,12H,3-4,7,9,14H2,1-2H3. The predicted molar refractivity (Wildman–Crippen MR) is 71.2 cm³/mol. The summed E-state index contributed by atoms with van der Waals surface area (Å²) >= 11 is 0. The maximum atomic E-state index is 5.96. The minimum atomic E-state index is 0.250. The first-order valence-electron chi connectivity index (χ1n) is 6.49. The lowest BCUT2D eigenvalue weighted by Crippen LogP contribution is -2.21. The number of nitrogens with zero attached hydrogens (tertiary/aromatic N) is 4. The highest BCUT2D eigenvalue weighted by molar-refractivity contribution is 5.12. The summed E-state index contributed by atoms with van der Waals surface area (Å²) in [4.78, 5) is 4.28. The average molecular weight is 247 g/mol. The molecular formula is C13H21N5. The van der Waals surface area contributed by atoms with Crippen LogP contribution in [0.15, 0.2) is 24.8 Å². The van der Waals surface area contributed by atoms with Crippen LogP contribution >= 0.6 is 0 Å². The molecule has 5 heteroatoms. The molecule has 0 aromatic carbocycles. The molecule has 0 bridgehead atoms. The molecule has 0 radical (unpaired) electrons. The van der Waals surface area contributed by atoms with Gasteiger partial charge in [0.05, 0.1) is 6.54 Å². The summed E-state index contributed by atoms with van der Waals surface area (Å²) in [6.45, 7) is 5.80. The molecule has 2 aromatic rings. The van der Waals surface area contributed by atoms with E-state index in [1.807, 2.05) is 4.68 Å². The first-order valence-corrected chi connectivity index (χ1v) is 6.49. The Kier molecular flexibility index (Phi) is 4.15. The molecule has 0 aliphatic rings. The number of nitrogens with two attached hydrogens (primary N) is 1. The monoisotopic (exact) mass is 247 g/mol. The van der Waals surface area contributed by atoms with E-state index in [9.17, 15) is 0 Å². The van der Waals surface area contributed by atoms with Crippen molar-refractivity contribution in [3.8, 4) is 0 Å². The van der Waals surface area contributed by atoms with E-state index in [0.717, 1.165) is 31.8 Å². The van der Waals surface area contributed by atoms with Crippen LogP contribution in [0.4, 0.5) is 0 Å². The van der Waals surface area contributed by atoms with E-state index in [-0.39, 0.29) is 6.04 Å². The van der Waals surface area contributed by atoms with Crippen molar-refractivity contribution < 1.29 is 0 Å². The van der Waals surface area contributed by atoms with Crippen LogP contribution in [-0.2, 0) is 19.5 Å². The fourth-order valence-electron chi connectivity index (χ4n) is 1.99. The van der Waals surface area contributed by atoms with Gasteiger partial charge in [-0.2, -0.15) is 5.10 Å². The van der Waals surface area contributed by atoms with Gasteiger partial charge in [-0.15, -0.1) is 0 Å². The van der Waals surface area contributed by atoms with Gasteiger partial charge in [0.1, 0.15) is 12.2 Å². The Labute approximate surface area is 108 Å². The highest BCUT2D eigenvalue weighted by atomic mass is 15.3. The van der Waals surface area contributed by atoms with Crippen LogP contribution in [0.2, 0.25) is 0 Å². The van der Waals surface area contributed by atoms with Gasteiger partial charge in [-0.3, -0.25) is 0 Å². The van der Waals surface area contributed by atoms with Crippen LogP contribution in [-0.4, -0.2) is 25.4 Å². The lowest BCUT2D eigenvalue weighted by Gasteiger charge is -2.06. The SMILES string of the molecule is CCC(N)Cc1ccn(Cc2ncnn2CC)c1. The molecule has 18 heavy (non-hydrogen) atoms. The topological polar surface area (TPSA) is 61.7 Å². The van der Waals surface area contributed by atoms with Crippen molar-refractivity contribution in [2.45, 2.75) is 45.8 Å². The minimum Gasteiger partial charge on any atom is -0.346 e. The highest BCUT2D eigenvalue weighted by Gasteiger charge is 2.06. The third kappa shape index (κ3) is 2.98. The first kappa shape index (κ1) is 12.8. The largest absolute Gasteiger partial charge is 0.346 e. The Morgan fingerprint density at radius 3 is 2.94 bits per heavy atom. The van der Waals surface area contributed by atoms with Gasteiger partial charge in [0.2, 0.25) is 0 Å². The molecule has 0 saturated carbocycles. The minimum absolute atomic E-state index is 0.250. The number of hydrogen-bond donors (Lipinski definition) is 1. The maximum Gasteiger partial charge on any atom is 0.146 e. The third-order valence-corrected chi connectivity index (χ3v) is 3.15. The van der Waals surface area contributed by atoms with Crippen LogP contribution in [0.1, 0.15) is 31.7 Å². The zero-order valence-electron chi connectivity index (χ0n) is 11.1. The van der Waals surface area contributed by atoms with E-state index >= 15 is 0 Å². The fourth-order valence-corrected chi connectivity index (χ4v) is 1.99. The molecule has 0 fully saturated rings. The van der Waals surface area contributed by atoms with Gasteiger partial charge < -0.3 is 10.3 Å². The Balaban J connectivity index is 2.02. The quantitative estimate of drug-likeness (QED) is 0.840. The van der Waals surface area contributed by atoms with Crippen molar-refractivity contribution in [1.82, 2.24) is 19.3 Å². The van der Waals surface area contributed by atoms with Crippen LogP contribution < -0.4 is 5.73 Å². The van der Waals surface area contributed by atoms with Crippen LogP contribution in [0.3, 0.4) is 0 Å². The second-order valence-corrected chi connectivity index (χ2v) is 4.56. The normalized spacial score (nSPS) is 12.8. The van der Waals surface area contributed by atoms with Gasteiger partial charge in [-0.1, -0.05) is 6.92 Å². The van der Waals surface area contributed by atoms with Crippen molar-refractivity contribution in [2.24, 2.45) is 5.73 Å². The van der Waals surface area contributed by atoms with Crippen molar-refractivity contribution in [1.29, 1.82) is 0 Å². The predicted octanol–water partition coefficient (Wildman–Crippen LogP) is 1.43. The lowest BCUT2D eigenvalue weighted by atomic mass is 10.1. The van der Waals surface area contributed by atoms with E-state index in [1.54, 1.807) is 6.33 Å². The van der Waals surface area contributed by atoms with Crippen LogP contribution in [0.25, 0.3) is 0 Å². The Hall–Kier alpha value is -1.62.